The lowest BCUT2D eigenvalue weighted by molar-refractivity contribution is -0.385. The Kier molecular flexibility index (Phi) is 5.18. The van der Waals surface area contributed by atoms with Crippen molar-refractivity contribution >= 4 is 28.2 Å². The molecule has 4 aliphatic carbocycles. The highest BCUT2D eigenvalue weighted by Gasteiger charge is 2.59. The van der Waals surface area contributed by atoms with Crippen LogP contribution in [0.1, 0.15) is 50.5 Å². The van der Waals surface area contributed by atoms with Crippen LogP contribution in [-0.4, -0.2) is 30.4 Å². The van der Waals surface area contributed by atoms with Gasteiger partial charge >= 0.3 is 5.69 Å². The number of aromatic nitrogens is 4. The van der Waals surface area contributed by atoms with E-state index in [1.165, 1.54) is 29.0 Å². The second-order valence-electron chi connectivity index (χ2n) is 11.8. The maximum absolute atomic E-state index is 13.3. The molecule has 4 saturated carbocycles. The normalized spacial score (nSPS) is 27.6. The molecule has 4 aliphatic rings. The molecule has 1 N–H and O–H groups in total. The summed E-state index contributed by atoms with van der Waals surface area (Å²) in [6.07, 6.45) is 11.4. The van der Waals surface area contributed by atoms with Crippen molar-refractivity contribution < 1.29 is 9.72 Å². The number of nitrogens with one attached hydrogen (secondary N) is 1. The lowest BCUT2D eigenvalue weighted by Gasteiger charge is -2.61. The van der Waals surface area contributed by atoms with Crippen LogP contribution in [0.5, 0.6) is 0 Å². The molecule has 38 heavy (non-hydrogen) atoms. The first-order valence-corrected chi connectivity index (χ1v) is 13.4. The van der Waals surface area contributed by atoms with Crippen LogP contribution in [0.3, 0.4) is 0 Å². The van der Waals surface area contributed by atoms with Gasteiger partial charge in [0.2, 0.25) is 5.91 Å². The van der Waals surface area contributed by atoms with E-state index in [1.807, 2.05) is 33.8 Å². The number of hydrogen-bond donors (Lipinski definition) is 1. The van der Waals surface area contributed by atoms with Gasteiger partial charge in [-0.15, -0.1) is 0 Å². The third kappa shape index (κ3) is 3.97. The SMILES string of the molecule is O=C(CC12CC3CC(C1)CC(n1cc([N+](=O)[O-])cn1)(C3)C2)Nc1ccn(Cc2cccc3ccccc23)n1. The van der Waals surface area contributed by atoms with Gasteiger partial charge in [-0.2, -0.15) is 10.2 Å². The van der Waals surface area contributed by atoms with Gasteiger partial charge in [-0.3, -0.25) is 24.3 Å². The van der Waals surface area contributed by atoms with Crippen LogP contribution in [0.25, 0.3) is 10.8 Å². The van der Waals surface area contributed by atoms with Gasteiger partial charge in [0.25, 0.3) is 0 Å². The smallest absolute Gasteiger partial charge is 0.307 e. The third-order valence-electron chi connectivity index (χ3n) is 9.07. The van der Waals surface area contributed by atoms with Crippen molar-refractivity contribution in [1.82, 2.24) is 19.6 Å². The van der Waals surface area contributed by atoms with Crippen LogP contribution in [0.15, 0.2) is 67.1 Å². The standard InChI is InChI=1S/C29H30N6O3/c36-27(31-26-8-9-33(32-26)17-23-6-3-5-22-4-1-2-7-25(22)23)15-28-11-20-10-21(12-28)14-29(13-20,19-28)34-18-24(16-30-34)35(37)38/h1-9,16,18,20-21H,10-15,17,19H2,(H,31,32,36). The second-order valence-corrected chi connectivity index (χ2v) is 11.8. The molecule has 0 saturated heterocycles. The lowest BCUT2D eigenvalue weighted by Crippen LogP contribution is -2.57. The number of nitro groups is 1. The third-order valence-corrected chi connectivity index (χ3v) is 9.07. The minimum absolute atomic E-state index is 0.0102. The van der Waals surface area contributed by atoms with Gasteiger partial charge < -0.3 is 5.32 Å². The van der Waals surface area contributed by atoms with E-state index in [2.05, 4.69) is 45.8 Å². The molecule has 0 radical (unpaired) electrons. The molecule has 8 rings (SSSR count). The maximum atomic E-state index is 13.3. The topological polar surface area (TPSA) is 108 Å². The molecule has 2 unspecified atom stereocenters. The van der Waals surface area contributed by atoms with Crippen molar-refractivity contribution in [2.45, 2.75) is 57.0 Å². The Morgan fingerprint density at radius 1 is 1.08 bits per heavy atom. The Labute approximate surface area is 220 Å². The zero-order valence-electron chi connectivity index (χ0n) is 21.1. The van der Waals surface area contributed by atoms with E-state index >= 15 is 0 Å². The highest BCUT2D eigenvalue weighted by atomic mass is 16.6. The van der Waals surface area contributed by atoms with Crippen LogP contribution in [-0.2, 0) is 16.9 Å². The summed E-state index contributed by atoms with van der Waals surface area (Å²) in [4.78, 5) is 24.2. The summed E-state index contributed by atoms with van der Waals surface area (Å²) in [6.45, 7) is 0.628. The molecular formula is C29H30N6O3. The Hall–Kier alpha value is -4.01. The van der Waals surface area contributed by atoms with Crippen LogP contribution < -0.4 is 5.32 Å². The average molecular weight is 511 g/mol. The molecule has 9 heteroatoms. The molecule has 1 amide bonds. The number of amides is 1. The molecular weight excluding hydrogens is 480 g/mol. The average Bonchev–Trinajstić information content (AvgIpc) is 3.54. The molecule has 9 nitrogen and oxygen atoms in total. The summed E-state index contributed by atoms with van der Waals surface area (Å²) in [5.74, 6) is 1.63. The van der Waals surface area contributed by atoms with Crippen molar-refractivity contribution in [3.05, 3.63) is 82.8 Å². The Morgan fingerprint density at radius 2 is 1.87 bits per heavy atom. The van der Waals surface area contributed by atoms with Gasteiger partial charge in [-0.1, -0.05) is 42.5 Å². The number of carbonyl (C=O) groups excluding carboxylic acids is 1. The number of hydrogen-bond acceptors (Lipinski definition) is 5. The van der Waals surface area contributed by atoms with Crippen molar-refractivity contribution in [3.8, 4) is 0 Å². The van der Waals surface area contributed by atoms with Gasteiger partial charge in [-0.25, -0.2) is 0 Å². The fourth-order valence-corrected chi connectivity index (χ4v) is 8.19. The Morgan fingerprint density at radius 3 is 2.66 bits per heavy atom. The summed E-state index contributed by atoms with van der Waals surface area (Å²) in [5, 5.41) is 25.8. The molecule has 4 bridgehead atoms. The summed E-state index contributed by atoms with van der Waals surface area (Å²) in [5.41, 5.74) is 0.896. The summed E-state index contributed by atoms with van der Waals surface area (Å²) in [6, 6.07) is 16.4. The summed E-state index contributed by atoms with van der Waals surface area (Å²) >= 11 is 0. The fourth-order valence-electron chi connectivity index (χ4n) is 8.19. The number of rotatable bonds is 7. The van der Waals surface area contributed by atoms with Gasteiger partial charge in [0.15, 0.2) is 5.82 Å². The quantitative estimate of drug-likeness (QED) is 0.260. The Balaban J connectivity index is 1.06. The molecule has 0 spiro atoms. The van der Waals surface area contributed by atoms with Crippen LogP contribution in [0, 0.1) is 27.4 Å². The van der Waals surface area contributed by atoms with Crippen LogP contribution in [0.4, 0.5) is 11.5 Å². The molecule has 2 atom stereocenters. The number of benzene rings is 2. The largest absolute Gasteiger partial charge is 0.309 e. The number of nitrogens with zero attached hydrogens (tertiary/aromatic N) is 5. The lowest BCUT2D eigenvalue weighted by atomic mass is 9.46. The Bertz CT molecular complexity index is 1540. The van der Waals surface area contributed by atoms with E-state index in [-0.39, 0.29) is 27.5 Å². The van der Waals surface area contributed by atoms with Gasteiger partial charge in [0, 0.05) is 18.7 Å². The predicted octanol–water partition coefficient (Wildman–Crippen LogP) is 5.51. The van der Waals surface area contributed by atoms with E-state index in [0.717, 1.165) is 32.1 Å². The van der Waals surface area contributed by atoms with E-state index in [1.54, 1.807) is 6.20 Å². The molecule has 2 aromatic carbocycles. The first-order chi connectivity index (χ1) is 18.4. The molecule has 4 aromatic rings. The number of fused-ring (bicyclic) bond motifs is 1. The van der Waals surface area contributed by atoms with Gasteiger partial charge in [0.1, 0.15) is 12.4 Å². The molecule has 4 fully saturated rings. The first kappa shape index (κ1) is 23.1. The molecule has 2 aromatic heterocycles. The first-order valence-electron chi connectivity index (χ1n) is 13.4. The van der Waals surface area contributed by atoms with E-state index in [4.69, 9.17) is 0 Å². The second kappa shape index (κ2) is 8.51. The predicted molar refractivity (Wildman–Crippen MR) is 142 cm³/mol. The maximum Gasteiger partial charge on any atom is 0.307 e. The molecule has 194 valence electrons. The number of carbonyl (C=O) groups is 1. The van der Waals surface area contributed by atoms with Gasteiger partial charge in [0.05, 0.1) is 17.0 Å². The zero-order chi connectivity index (χ0) is 25.9. The number of anilines is 1. The molecule has 2 heterocycles. The van der Waals surface area contributed by atoms with E-state index in [9.17, 15) is 14.9 Å². The van der Waals surface area contributed by atoms with E-state index in [0.29, 0.717) is 30.6 Å². The van der Waals surface area contributed by atoms with E-state index < -0.39 is 0 Å². The van der Waals surface area contributed by atoms with Crippen molar-refractivity contribution in [1.29, 1.82) is 0 Å². The van der Waals surface area contributed by atoms with Crippen molar-refractivity contribution in [2.24, 2.45) is 17.3 Å². The summed E-state index contributed by atoms with van der Waals surface area (Å²) < 4.78 is 3.71. The summed E-state index contributed by atoms with van der Waals surface area (Å²) in [7, 11) is 0. The van der Waals surface area contributed by atoms with Crippen molar-refractivity contribution in [2.75, 3.05) is 5.32 Å². The highest BCUT2D eigenvalue weighted by Crippen LogP contribution is 2.65. The zero-order valence-corrected chi connectivity index (χ0v) is 21.1. The molecule has 0 aliphatic heterocycles. The van der Waals surface area contributed by atoms with Crippen LogP contribution >= 0.6 is 0 Å². The highest BCUT2D eigenvalue weighted by molar-refractivity contribution is 5.90. The minimum atomic E-state index is -0.382. The minimum Gasteiger partial charge on any atom is -0.309 e. The van der Waals surface area contributed by atoms with Gasteiger partial charge in [-0.05, 0) is 72.1 Å². The van der Waals surface area contributed by atoms with Crippen LogP contribution in [0.2, 0.25) is 0 Å². The van der Waals surface area contributed by atoms with Crippen molar-refractivity contribution in [3.63, 3.8) is 0 Å². The monoisotopic (exact) mass is 510 g/mol. The fraction of sp³-hybridized carbons (Fsp3) is 0.414.